The lowest BCUT2D eigenvalue weighted by Gasteiger charge is -2.27. The van der Waals surface area contributed by atoms with Gasteiger partial charge in [-0.25, -0.2) is 4.98 Å². The Morgan fingerprint density at radius 1 is 1.57 bits per heavy atom. The zero-order valence-electron chi connectivity index (χ0n) is 13.3. The van der Waals surface area contributed by atoms with Crippen LogP contribution in [0.4, 0.5) is 0 Å². The topological polar surface area (TPSA) is 65.5 Å². The van der Waals surface area contributed by atoms with E-state index in [4.69, 9.17) is 0 Å². The Morgan fingerprint density at radius 2 is 2.43 bits per heavy atom. The molecule has 2 aliphatic rings. The molecule has 8 heteroatoms. The normalized spacial score (nSPS) is 21.2. The third-order valence-electron chi connectivity index (χ3n) is 4.32. The smallest absolute Gasteiger partial charge is 0.242 e. The first-order chi connectivity index (χ1) is 11.1. The van der Waals surface area contributed by atoms with Crippen molar-refractivity contribution in [1.82, 2.24) is 20.1 Å². The molecule has 23 heavy (non-hydrogen) atoms. The van der Waals surface area contributed by atoms with Crippen LogP contribution in [0.1, 0.15) is 17.0 Å². The highest BCUT2D eigenvalue weighted by atomic mass is 32.2. The Hall–Kier alpha value is -1.12. The highest BCUT2D eigenvalue weighted by Crippen LogP contribution is 2.20. The van der Waals surface area contributed by atoms with E-state index in [9.17, 15) is 9.59 Å². The van der Waals surface area contributed by atoms with Crippen LogP contribution >= 0.6 is 23.1 Å². The first kappa shape index (κ1) is 16.7. The van der Waals surface area contributed by atoms with E-state index in [-0.39, 0.29) is 18.4 Å². The lowest BCUT2D eigenvalue weighted by atomic mass is 10.1. The quantitative estimate of drug-likeness (QED) is 0.823. The number of nitrogens with zero attached hydrogens (tertiary/aromatic N) is 3. The first-order valence-corrected chi connectivity index (χ1v) is 9.90. The van der Waals surface area contributed by atoms with Crippen LogP contribution in [0.5, 0.6) is 0 Å². The van der Waals surface area contributed by atoms with Gasteiger partial charge in [-0.2, -0.15) is 0 Å². The molecule has 0 aromatic carbocycles. The van der Waals surface area contributed by atoms with Crippen LogP contribution in [0.2, 0.25) is 0 Å². The molecule has 2 saturated heterocycles. The molecule has 6 nitrogen and oxygen atoms in total. The van der Waals surface area contributed by atoms with Crippen molar-refractivity contribution in [3.63, 3.8) is 0 Å². The third kappa shape index (κ3) is 4.24. The Balaban J connectivity index is 1.66. The van der Waals surface area contributed by atoms with E-state index >= 15 is 0 Å². The van der Waals surface area contributed by atoms with Gasteiger partial charge in [0.1, 0.15) is 6.54 Å². The monoisotopic (exact) mass is 354 g/mol. The van der Waals surface area contributed by atoms with Gasteiger partial charge in [-0.15, -0.1) is 23.1 Å². The fourth-order valence-electron chi connectivity index (χ4n) is 2.89. The van der Waals surface area contributed by atoms with Crippen molar-refractivity contribution >= 4 is 34.9 Å². The van der Waals surface area contributed by atoms with Crippen molar-refractivity contribution in [2.24, 2.45) is 5.92 Å². The number of thioether (sulfide) groups is 1. The number of amides is 2. The molecule has 1 atom stereocenters. The van der Waals surface area contributed by atoms with Gasteiger partial charge >= 0.3 is 0 Å². The molecule has 126 valence electrons. The average molecular weight is 355 g/mol. The van der Waals surface area contributed by atoms with E-state index in [1.54, 1.807) is 28.0 Å². The molecular formula is C15H22N4O2S2. The van der Waals surface area contributed by atoms with E-state index < -0.39 is 0 Å². The van der Waals surface area contributed by atoms with Crippen LogP contribution in [0.3, 0.4) is 0 Å². The van der Waals surface area contributed by atoms with E-state index in [1.807, 2.05) is 17.3 Å². The predicted octanol–water partition coefficient (Wildman–Crippen LogP) is 0.923. The molecule has 1 unspecified atom stereocenters. The lowest BCUT2D eigenvalue weighted by Crippen LogP contribution is -2.43. The Bertz CT molecular complexity index is 572. The van der Waals surface area contributed by atoms with Crippen molar-refractivity contribution in [2.45, 2.75) is 19.9 Å². The summed E-state index contributed by atoms with van der Waals surface area (Å²) in [7, 11) is 0. The molecule has 3 rings (SSSR count). The van der Waals surface area contributed by atoms with Crippen LogP contribution in [0, 0.1) is 12.8 Å². The van der Waals surface area contributed by atoms with Crippen LogP contribution in [0.15, 0.2) is 5.51 Å². The maximum atomic E-state index is 12.8. The Morgan fingerprint density at radius 3 is 3.04 bits per heavy atom. The van der Waals surface area contributed by atoms with Crippen molar-refractivity contribution in [1.29, 1.82) is 0 Å². The van der Waals surface area contributed by atoms with Crippen molar-refractivity contribution in [3.8, 4) is 0 Å². The summed E-state index contributed by atoms with van der Waals surface area (Å²) in [5.41, 5.74) is 2.82. The molecular weight excluding hydrogens is 332 g/mol. The number of aromatic nitrogens is 1. The van der Waals surface area contributed by atoms with Gasteiger partial charge in [0, 0.05) is 11.4 Å². The summed E-state index contributed by atoms with van der Waals surface area (Å²) in [6, 6.07) is 0. The van der Waals surface area contributed by atoms with Gasteiger partial charge < -0.3 is 15.1 Å². The maximum absolute atomic E-state index is 12.8. The van der Waals surface area contributed by atoms with Gasteiger partial charge in [0.25, 0.3) is 0 Å². The number of nitrogens with one attached hydrogen (secondary N) is 1. The maximum Gasteiger partial charge on any atom is 0.242 e. The number of aryl methyl sites for hydroxylation is 1. The molecule has 1 aromatic heterocycles. The summed E-state index contributed by atoms with van der Waals surface area (Å²) in [5.74, 6) is 1.73. The van der Waals surface area contributed by atoms with Gasteiger partial charge in [0.15, 0.2) is 0 Å². The van der Waals surface area contributed by atoms with Gasteiger partial charge in [-0.05, 0) is 32.4 Å². The summed E-state index contributed by atoms with van der Waals surface area (Å²) >= 11 is 3.16. The summed E-state index contributed by atoms with van der Waals surface area (Å²) in [5, 5.41) is 3.35. The van der Waals surface area contributed by atoms with Crippen molar-refractivity contribution < 1.29 is 9.59 Å². The van der Waals surface area contributed by atoms with Gasteiger partial charge in [0.2, 0.25) is 11.8 Å². The molecule has 2 fully saturated rings. The largest absolute Gasteiger partial charge is 0.336 e. The highest BCUT2D eigenvalue weighted by Gasteiger charge is 2.28. The number of hydrogen-bond acceptors (Lipinski definition) is 6. The lowest BCUT2D eigenvalue weighted by molar-refractivity contribution is -0.138. The molecule has 1 aromatic rings. The molecule has 2 amide bonds. The second-order valence-electron chi connectivity index (χ2n) is 6.06. The highest BCUT2D eigenvalue weighted by molar-refractivity contribution is 8.00. The second kappa shape index (κ2) is 7.63. The molecule has 0 aliphatic carbocycles. The number of carbonyl (C=O) groups is 2. The van der Waals surface area contributed by atoms with Crippen LogP contribution < -0.4 is 5.32 Å². The van der Waals surface area contributed by atoms with E-state index in [0.717, 1.165) is 36.6 Å². The second-order valence-corrected chi connectivity index (χ2v) is 7.96. The van der Waals surface area contributed by atoms with Crippen molar-refractivity contribution in [3.05, 3.63) is 16.1 Å². The van der Waals surface area contributed by atoms with Crippen LogP contribution in [-0.4, -0.2) is 64.4 Å². The number of hydrogen-bond donors (Lipinski definition) is 1. The fraction of sp³-hybridized carbons (Fsp3) is 0.667. The van der Waals surface area contributed by atoms with Gasteiger partial charge in [-0.1, -0.05) is 0 Å². The zero-order valence-corrected chi connectivity index (χ0v) is 14.9. The SMILES string of the molecule is Cc1ncsc1CN(CC1CCNC1)C(=O)CN1CSCC1=O. The molecule has 0 bridgehead atoms. The molecule has 3 heterocycles. The summed E-state index contributed by atoms with van der Waals surface area (Å²) in [4.78, 5) is 33.5. The number of rotatable bonds is 6. The Labute approximate surface area is 144 Å². The van der Waals surface area contributed by atoms with Crippen molar-refractivity contribution in [2.75, 3.05) is 37.8 Å². The fourth-order valence-corrected chi connectivity index (χ4v) is 4.59. The number of thiazole rings is 1. The standard InChI is InChI=1S/C15H22N4O2S2/c1-11-13(23-9-17-11)6-18(5-12-2-3-16-4-12)14(20)7-19-10-22-8-15(19)21/h9,12,16H,2-8,10H2,1H3. The first-order valence-electron chi connectivity index (χ1n) is 7.86. The minimum absolute atomic E-state index is 0.0422. The van der Waals surface area contributed by atoms with E-state index in [0.29, 0.717) is 24.1 Å². The third-order valence-corrected chi connectivity index (χ3v) is 6.19. The van der Waals surface area contributed by atoms with Crippen LogP contribution in [-0.2, 0) is 16.1 Å². The van der Waals surface area contributed by atoms with Crippen LogP contribution in [0.25, 0.3) is 0 Å². The molecule has 0 saturated carbocycles. The molecule has 2 aliphatic heterocycles. The molecule has 1 N–H and O–H groups in total. The van der Waals surface area contributed by atoms with Gasteiger partial charge in [0.05, 0.1) is 29.4 Å². The molecule has 0 spiro atoms. The Kier molecular flexibility index (Phi) is 5.55. The zero-order chi connectivity index (χ0) is 16.2. The summed E-state index contributed by atoms with van der Waals surface area (Å²) in [6.07, 6.45) is 1.10. The average Bonchev–Trinajstić information content (AvgIpc) is 3.25. The minimum Gasteiger partial charge on any atom is -0.336 e. The minimum atomic E-state index is 0.0422. The molecule has 0 radical (unpaired) electrons. The summed E-state index contributed by atoms with van der Waals surface area (Å²) in [6.45, 7) is 5.51. The summed E-state index contributed by atoms with van der Waals surface area (Å²) < 4.78 is 0. The van der Waals surface area contributed by atoms with Gasteiger partial charge in [-0.3, -0.25) is 9.59 Å². The van der Waals surface area contributed by atoms with E-state index in [1.165, 1.54) is 0 Å². The van der Waals surface area contributed by atoms with E-state index in [2.05, 4.69) is 10.3 Å². The number of carbonyl (C=O) groups excluding carboxylic acids is 2. The predicted molar refractivity (Wildman–Crippen MR) is 92.3 cm³/mol.